The van der Waals surface area contributed by atoms with Crippen LogP contribution in [0.5, 0.6) is 0 Å². The molecule has 0 amide bonds. The Morgan fingerprint density at radius 2 is 0.514 bits per heavy atom. The Morgan fingerprint density at radius 1 is 0.324 bits per heavy atom. The quantitative estimate of drug-likeness (QED) is 0.293. The maximum Gasteiger partial charge on any atom is 2.00 e. The van der Waals surface area contributed by atoms with Crippen LogP contribution >= 0.6 is 0 Å². The monoisotopic (exact) mass is 535 g/mol. The average Bonchev–Trinajstić information content (AvgIpc) is 3.52. The molecule has 0 atom stereocenters. The second kappa shape index (κ2) is 9.14. The molecule has 5 heterocycles. The number of hydrogen-bond donors (Lipinski definition) is 0. The molecule has 3 aromatic rings. The Balaban J connectivity index is 0.00000320. The number of fused-ring (bicyclic) bond motifs is 8. The van der Waals surface area contributed by atoms with E-state index in [0.29, 0.717) is 0 Å². The van der Waals surface area contributed by atoms with Gasteiger partial charge in [-0.05, 0) is 128 Å². The van der Waals surface area contributed by atoms with Crippen molar-refractivity contribution in [3.05, 3.63) is 67.3 Å². The minimum absolute atomic E-state index is 0. The van der Waals surface area contributed by atoms with Crippen LogP contribution in [0.3, 0.4) is 0 Å². The van der Waals surface area contributed by atoms with Crippen molar-refractivity contribution < 1.29 is 16.8 Å². The second-order valence-corrected chi connectivity index (χ2v) is 10.7. The average molecular weight is 536 g/mol. The third-order valence-corrected chi connectivity index (χ3v) is 8.83. The molecule has 0 spiro atoms. The van der Waals surface area contributed by atoms with E-state index in [0.717, 1.165) is 67.1 Å². The van der Waals surface area contributed by atoms with Gasteiger partial charge in [-0.1, -0.05) is 22.3 Å². The van der Waals surface area contributed by atoms with E-state index in [-0.39, 0.29) is 16.8 Å². The predicted octanol–water partition coefficient (Wildman–Crippen LogP) is 7.94. The molecule has 2 aliphatic rings. The number of aromatic nitrogens is 4. The first-order chi connectivity index (χ1) is 16.9. The molecule has 193 valence electrons. The van der Waals surface area contributed by atoms with Crippen LogP contribution in [0, 0.1) is 55.4 Å². The summed E-state index contributed by atoms with van der Waals surface area (Å²) < 4.78 is 0. The molecule has 4 nitrogen and oxygen atoms in total. The van der Waals surface area contributed by atoms with E-state index in [9.17, 15) is 0 Å². The molecule has 0 unspecified atom stereocenters. The van der Waals surface area contributed by atoms with Gasteiger partial charge in [-0.2, -0.15) is 0 Å². The summed E-state index contributed by atoms with van der Waals surface area (Å²) in [6, 6.07) is 0. The van der Waals surface area contributed by atoms with E-state index in [1.807, 2.05) is 0 Å². The van der Waals surface area contributed by atoms with Crippen LogP contribution < -0.4 is 9.97 Å². The van der Waals surface area contributed by atoms with E-state index in [1.54, 1.807) is 0 Å². The first-order valence-corrected chi connectivity index (χ1v) is 12.8. The summed E-state index contributed by atoms with van der Waals surface area (Å²) in [7, 11) is 0. The number of nitrogens with zero attached hydrogens (tertiary/aromatic N) is 4. The van der Waals surface area contributed by atoms with Gasteiger partial charge < -0.3 is 9.97 Å². The number of allylic oxidation sites excluding steroid dienone is 4. The normalized spacial score (nSPS) is 13.5. The fourth-order valence-corrected chi connectivity index (χ4v) is 5.91. The van der Waals surface area contributed by atoms with Crippen LogP contribution in [0.2, 0.25) is 0 Å². The van der Waals surface area contributed by atoms with Gasteiger partial charge in [-0.25, -0.2) is 9.97 Å². The maximum atomic E-state index is 5.21. The zero-order valence-corrected chi connectivity index (χ0v) is 25.2. The van der Waals surface area contributed by atoms with Gasteiger partial charge in [-0.15, -0.1) is 22.1 Å². The van der Waals surface area contributed by atoms with Crippen LogP contribution in [0.25, 0.3) is 44.4 Å². The Bertz CT molecular complexity index is 1490. The van der Waals surface area contributed by atoms with Crippen molar-refractivity contribution in [2.24, 2.45) is 0 Å². The van der Waals surface area contributed by atoms with Gasteiger partial charge in [0.1, 0.15) is 0 Å². The summed E-state index contributed by atoms with van der Waals surface area (Å²) in [5.41, 5.74) is 22.5. The Hall–Kier alpha value is -2.89. The fourth-order valence-electron chi connectivity index (χ4n) is 5.91. The predicted molar refractivity (Wildman–Crippen MR) is 153 cm³/mol. The molecular formula is C32H36CoN4. The van der Waals surface area contributed by atoms with Gasteiger partial charge in [-0.3, -0.25) is 0 Å². The van der Waals surface area contributed by atoms with E-state index < -0.39 is 0 Å². The van der Waals surface area contributed by atoms with Crippen molar-refractivity contribution >= 4 is 44.4 Å². The van der Waals surface area contributed by atoms with E-state index in [1.165, 1.54) is 44.5 Å². The molecule has 3 aromatic heterocycles. The molecular weight excluding hydrogens is 499 g/mol. The number of rotatable bonds is 0. The van der Waals surface area contributed by atoms with Gasteiger partial charge in [0.25, 0.3) is 0 Å². The Morgan fingerprint density at radius 3 is 0.703 bits per heavy atom. The smallest absolute Gasteiger partial charge is 0.657 e. The summed E-state index contributed by atoms with van der Waals surface area (Å²) in [6.07, 6.45) is 0. The largest absolute Gasteiger partial charge is 2.00 e. The maximum absolute atomic E-state index is 5.21. The molecule has 37 heavy (non-hydrogen) atoms. The molecule has 0 fully saturated rings. The SMILES string of the molecule is CC1=C(C)c2nc1c(C)c1[n-]c(c(C)c3nc(c(C)c4[n-]c(c2C)c(C)c4C)C(C)=C3C)c(C)c1C.[Co+2]. The third kappa shape index (κ3) is 3.70. The van der Waals surface area contributed by atoms with Crippen molar-refractivity contribution in [3.63, 3.8) is 0 Å². The van der Waals surface area contributed by atoms with Crippen molar-refractivity contribution in [1.82, 2.24) is 19.9 Å². The van der Waals surface area contributed by atoms with Gasteiger partial charge in [0.05, 0.1) is 22.8 Å². The summed E-state index contributed by atoms with van der Waals surface area (Å²) in [5.74, 6) is 0. The third-order valence-electron chi connectivity index (χ3n) is 8.83. The molecule has 0 saturated heterocycles. The van der Waals surface area contributed by atoms with E-state index in [4.69, 9.17) is 19.9 Å². The molecule has 0 aliphatic carbocycles. The molecule has 2 aliphatic heterocycles. The Labute approximate surface area is 231 Å². The van der Waals surface area contributed by atoms with Gasteiger partial charge in [0.15, 0.2) is 0 Å². The summed E-state index contributed by atoms with van der Waals surface area (Å²) in [5, 5.41) is 0. The summed E-state index contributed by atoms with van der Waals surface area (Å²) in [6.45, 7) is 26.1. The molecule has 0 saturated carbocycles. The topological polar surface area (TPSA) is 54.0 Å². The van der Waals surface area contributed by atoms with Crippen LogP contribution in [0.4, 0.5) is 0 Å². The van der Waals surface area contributed by atoms with Crippen LogP contribution in [0.1, 0.15) is 95.0 Å². The standard InChI is InChI=1S/C32H36N4.Co/c1-13-14(2)26-22(10)28-17(5)18(6)30(35-28)24(12)32-20(8)19(7)31(36-32)23(11)29-16(4)15(3)27(34-29)21(9)25(13)33-26;/h1-12H3;/q-2;+2. The molecule has 5 heteroatoms. The zero-order valence-electron chi connectivity index (χ0n) is 24.1. The van der Waals surface area contributed by atoms with E-state index in [2.05, 4.69) is 83.1 Å². The molecule has 5 rings (SSSR count). The molecule has 8 bridgehead atoms. The summed E-state index contributed by atoms with van der Waals surface area (Å²) >= 11 is 0. The van der Waals surface area contributed by atoms with Crippen molar-refractivity contribution in [2.45, 2.75) is 83.1 Å². The van der Waals surface area contributed by atoms with Gasteiger partial charge in [0, 0.05) is 0 Å². The van der Waals surface area contributed by atoms with Gasteiger partial charge in [0.2, 0.25) is 0 Å². The van der Waals surface area contributed by atoms with Crippen molar-refractivity contribution in [1.29, 1.82) is 0 Å². The van der Waals surface area contributed by atoms with Crippen molar-refractivity contribution in [2.75, 3.05) is 0 Å². The first kappa shape index (κ1) is 27.1. The molecule has 1 radical (unpaired) electrons. The van der Waals surface area contributed by atoms with Crippen LogP contribution in [0.15, 0.2) is 0 Å². The number of aryl methyl sites for hydroxylation is 8. The van der Waals surface area contributed by atoms with Crippen molar-refractivity contribution in [3.8, 4) is 0 Å². The minimum atomic E-state index is 0. The number of hydrogen-bond acceptors (Lipinski definition) is 2. The fraction of sp³-hybridized carbons (Fsp3) is 0.375. The Kier molecular flexibility index (Phi) is 6.71. The molecule has 0 N–H and O–H groups in total. The van der Waals surface area contributed by atoms with Crippen LogP contribution in [-0.4, -0.2) is 9.97 Å². The minimum Gasteiger partial charge on any atom is -0.657 e. The molecule has 0 aromatic carbocycles. The zero-order chi connectivity index (χ0) is 26.4. The van der Waals surface area contributed by atoms with E-state index >= 15 is 0 Å². The second-order valence-electron chi connectivity index (χ2n) is 10.7. The summed E-state index contributed by atoms with van der Waals surface area (Å²) in [4.78, 5) is 20.8. The van der Waals surface area contributed by atoms with Crippen LogP contribution in [-0.2, 0) is 16.8 Å². The van der Waals surface area contributed by atoms with Gasteiger partial charge >= 0.3 is 16.8 Å². The first-order valence-electron chi connectivity index (χ1n) is 12.8.